The lowest BCUT2D eigenvalue weighted by Crippen LogP contribution is -2.20. The van der Waals surface area contributed by atoms with E-state index in [1.165, 1.54) is 24.3 Å². The molecule has 0 saturated heterocycles. The van der Waals surface area contributed by atoms with E-state index in [1.807, 2.05) is 30.3 Å². The second-order valence-electron chi connectivity index (χ2n) is 4.72. The van der Waals surface area contributed by atoms with E-state index in [1.54, 1.807) is 0 Å². The summed E-state index contributed by atoms with van der Waals surface area (Å²) in [5.74, 6) is 2.46. The molecule has 0 heterocycles. The normalized spacial score (nSPS) is 12.5. The van der Waals surface area contributed by atoms with Crippen molar-refractivity contribution in [3.8, 4) is 12.3 Å². The lowest BCUT2D eigenvalue weighted by atomic mass is 10.1. The van der Waals surface area contributed by atoms with E-state index in [-0.39, 0.29) is 11.3 Å². The molecule has 0 amide bonds. The average molecular weight is 335 g/mol. The standard InChI is InChI=1S/C17H15ClO3S/c1-2-6-16(13-14-7-4-3-5-8-14)21-22(19,20)17-11-9-15(18)10-12-17/h1,3-5,7-12,16H,6,13H2. The molecule has 0 aromatic heterocycles. The van der Waals surface area contributed by atoms with Crippen LogP contribution in [0.2, 0.25) is 5.02 Å². The maximum atomic E-state index is 12.3. The second kappa shape index (κ2) is 7.46. The first kappa shape index (κ1) is 16.6. The largest absolute Gasteiger partial charge is 0.297 e. The first-order chi connectivity index (χ1) is 10.5. The van der Waals surface area contributed by atoms with Crippen molar-refractivity contribution in [1.82, 2.24) is 0 Å². The van der Waals surface area contributed by atoms with Gasteiger partial charge in [-0.25, -0.2) is 0 Å². The summed E-state index contributed by atoms with van der Waals surface area (Å²) in [6.45, 7) is 0. The molecule has 22 heavy (non-hydrogen) atoms. The molecule has 0 saturated carbocycles. The summed E-state index contributed by atoms with van der Waals surface area (Å²) in [5.41, 5.74) is 0.967. The van der Waals surface area contributed by atoms with Crippen LogP contribution in [0.5, 0.6) is 0 Å². The lowest BCUT2D eigenvalue weighted by molar-refractivity contribution is 0.215. The summed E-state index contributed by atoms with van der Waals surface area (Å²) >= 11 is 5.76. The van der Waals surface area contributed by atoms with Gasteiger partial charge in [-0.3, -0.25) is 4.18 Å². The Hall–Kier alpha value is -1.80. The fourth-order valence-electron chi connectivity index (χ4n) is 1.98. The zero-order valence-electron chi connectivity index (χ0n) is 11.8. The van der Waals surface area contributed by atoms with E-state index < -0.39 is 16.2 Å². The van der Waals surface area contributed by atoms with Crippen molar-refractivity contribution in [3.05, 3.63) is 65.2 Å². The molecule has 0 aliphatic carbocycles. The zero-order valence-corrected chi connectivity index (χ0v) is 13.3. The fraction of sp³-hybridized carbons (Fsp3) is 0.176. The number of hydrogen-bond donors (Lipinski definition) is 0. The highest BCUT2D eigenvalue weighted by atomic mass is 35.5. The van der Waals surface area contributed by atoms with Crippen molar-refractivity contribution in [2.45, 2.75) is 23.8 Å². The van der Waals surface area contributed by atoms with Gasteiger partial charge in [-0.1, -0.05) is 41.9 Å². The number of benzene rings is 2. The summed E-state index contributed by atoms with van der Waals surface area (Å²) in [6.07, 6.45) is 5.35. The summed E-state index contributed by atoms with van der Waals surface area (Å²) < 4.78 is 29.9. The van der Waals surface area contributed by atoms with Gasteiger partial charge >= 0.3 is 0 Å². The van der Waals surface area contributed by atoms with Crippen LogP contribution < -0.4 is 0 Å². The van der Waals surface area contributed by atoms with Gasteiger partial charge in [-0.15, -0.1) is 12.3 Å². The Balaban J connectivity index is 2.16. The number of hydrogen-bond acceptors (Lipinski definition) is 3. The van der Waals surface area contributed by atoms with Gasteiger partial charge in [0.2, 0.25) is 0 Å². The third-order valence-electron chi connectivity index (χ3n) is 3.02. The Morgan fingerprint density at radius 3 is 2.32 bits per heavy atom. The van der Waals surface area contributed by atoms with Gasteiger partial charge in [-0.05, 0) is 29.8 Å². The van der Waals surface area contributed by atoms with Gasteiger partial charge in [0.05, 0.1) is 11.0 Å². The first-order valence-corrected chi connectivity index (χ1v) is 8.46. The molecule has 0 N–H and O–H groups in total. The van der Waals surface area contributed by atoms with Crippen molar-refractivity contribution in [1.29, 1.82) is 0 Å². The Morgan fingerprint density at radius 2 is 1.73 bits per heavy atom. The molecule has 5 heteroatoms. The molecular formula is C17H15ClO3S. The minimum atomic E-state index is -3.87. The van der Waals surface area contributed by atoms with Crippen LogP contribution >= 0.6 is 11.6 Å². The number of halogens is 1. The smallest absolute Gasteiger partial charge is 0.262 e. The molecule has 2 rings (SSSR count). The van der Waals surface area contributed by atoms with E-state index >= 15 is 0 Å². The van der Waals surface area contributed by atoms with Gasteiger partial charge in [-0.2, -0.15) is 8.42 Å². The molecule has 0 aliphatic heterocycles. The van der Waals surface area contributed by atoms with Crippen LogP contribution in [0.15, 0.2) is 59.5 Å². The molecule has 1 atom stereocenters. The van der Waals surface area contributed by atoms with Crippen LogP contribution in [0.4, 0.5) is 0 Å². The Labute approximate surface area is 136 Å². The monoisotopic (exact) mass is 334 g/mol. The fourth-order valence-corrected chi connectivity index (χ4v) is 3.19. The first-order valence-electron chi connectivity index (χ1n) is 6.67. The minimum absolute atomic E-state index is 0.0620. The molecule has 2 aromatic rings. The highest BCUT2D eigenvalue weighted by Gasteiger charge is 2.21. The van der Waals surface area contributed by atoms with Gasteiger partial charge in [0.25, 0.3) is 10.1 Å². The number of terminal acetylenes is 1. The lowest BCUT2D eigenvalue weighted by Gasteiger charge is -2.15. The highest BCUT2D eigenvalue weighted by Crippen LogP contribution is 2.20. The maximum absolute atomic E-state index is 12.3. The van der Waals surface area contributed by atoms with Crippen LogP contribution in [0.3, 0.4) is 0 Å². The maximum Gasteiger partial charge on any atom is 0.297 e. The Morgan fingerprint density at radius 1 is 1.09 bits per heavy atom. The van der Waals surface area contributed by atoms with Crippen molar-refractivity contribution in [3.63, 3.8) is 0 Å². The SMILES string of the molecule is C#CCC(Cc1ccccc1)OS(=O)(=O)c1ccc(Cl)cc1. The topological polar surface area (TPSA) is 43.4 Å². The van der Waals surface area contributed by atoms with Crippen LogP contribution in [-0.4, -0.2) is 14.5 Å². The highest BCUT2D eigenvalue weighted by molar-refractivity contribution is 7.86. The summed E-state index contributed by atoms with van der Waals surface area (Å²) in [7, 11) is -3.87. The van der Waals surface area contributed by atoms with Crippen LogP contribution in [0.1, 0.15) is 12.0 Å². The Kier molecular flexibility index (Phi) is 5.62. The van der Waals surface area contributed by atoms with Gasteiger partial charge in [0.1, 0.15) is 0 Å². The molecule has 3 nitrogen and oxygen atoms in total. The van der Waals surface area contributed by atoms with Crippen LogP contribution in [0.25, 0.3) is 0 Å². The Bertz CT molecular complexity index is 747. The summed E-state index contributed by atoms with van der Waals surface area (Å²) in [4.78, 5) is 0.0620. The third-order valence-corrected chi connectivity index (χ3v) is 4.64. The molecule has 0 fully saturated rings. The summed E-state index contributed by atoms with van der Waals surface area (Å²) in [5, 5.41) is 0.461. The second-order valence-corrected chi connectivity index (χ2v) is 6.73. The van der Waals surface area contributed by atoms with Gasteiger partial charge in [0.15, 0.2) is 0 Å². The van der Waals surface area contributed by atoms with Gasteiger partial charge in [0, 0.05) is 17.9 Å². The molecule has 0 aliphatic rings. The van der Waals surface area contributed by atoms with E-state index in [0.717, 1.165) is 5.56 Å². The van der Waals surface area contributed by atoms with Crippen molar-refractivity contribution in [2.75, 3.05) is 0 Å². The predicted octanol–water partition coefficient (Wildman–Crippen LogP) is 3.68. The van der Waals surface area contributed by atoms with Crippen molar-refractivity contribution in [2.24, 2.45) is 0 Å². The van der Waals surface area contributed by atoms with E-state index in [0.29, 0.717) is 11.4 Å². The average Bonchev–Trinajstić information content (AvgIpc) is 2.48. The van der Waals surface area contributed by atoms with E-state index in [2.05, 4.69) is 5.92 Å². The summed E-state index contributed by atoms with van der Waals surface area (Å²) in [6, 6.07) is 15.3. The van der Waals surface area contributed by atoms with Crippen molar-refractivity contribution >= 4 is 21.7 Å². The number of rotatable bonds is 6. The third kappa shape index (κ3) is 4.60. The predicted molar refractivity (Wildman–Crippen MR) is 87.1 cm³/mol. The quantitative estimate of drug-likeness (QED) is 0.598. The van der Waals surface area contributed by atoms with E-state index in [9.17, 15) is 8.42 Å². The molecule has 2 aromatic carbocycles. The molecule has 114 valence electrons. The zero-order chi connectivity index (χ0) is 16.0. The minimum Gasteiger partial charge on any atom is -0.262 e. The van der Waals surface area contributed by atoms with Gasteiger partial charge < -0.3 is 0 Å². The molecule has 1 unspecified atom stereocenters. The molecule has 0 bridgehead atoms. The van der Waals surface area contributed by atoms with Crippen LogP contribution in [-0.2, 0) is 20.7 Å². The van der Waals surface area contributed by atoms with E-state index in [4.69, 9.17) is 22.2 Å². The molecule has 0 spiro atoms. The molecular weight excluding hydrogens is 320 g/mol. The van der Waals surface area contributed by atoms with Crippen molar-refractivity contribution < 1.29 is 12.6 Å². The molecule has 0 radical (unpaired) electrons. The van der Waals surface area contributed by atoms with Crippen LogP contribution in [0, 0.1) is 12.3 Å².